The lowest BCUT2D eigenvalue weighted by Crippen LogP contribution is -1.90. The molecule has 2 rings (SSSR count). The van der Waals surface area contributed by atoms with Crippen LogP contribution in [0.2, 0.25) is 0 Å². The number of benzene rings is 1. The zero-order valence-electron chi connectivity index (χ0n) is 9.36. The summed E-state index contributed by atoms with van der Waals surface area (Å²) in [6, 6.07) is 6.15. The molecule has 0 aliphatic rings. The van der Waals surface area contributed by atoms with Crippen molar-refractivity contribution in [3.05, 3.63) is 29.1 Å². The summed E-state index contributed by atoms with van der Waals surface area (Å²) in [5, 5.41) is 2.75. The Morgan fingerprint density at radius 2 is 2.25 bits per heavy atom. The molecule has 0 saturated carbocycles. The largest absolute Gasteiger partial charge is 0.496 e. The predicted octanol–water partition coefficient (Wildman–Crippen LogP) is 2.96. The Bertz CT molecular complexity index is 494. The molecule has 84 valence electrons. The molecule has 16 heavy (non-hydrogen) atoms. The molecular weight excluding hydrogens is 220 g/mol. The number of thiazole rings is 1. The first kappa shape index (κ1) is 11.0. The van der Waals surface area contributed by atoms with E-state index in [1.165, 1.54) is 16.9 Å². The number of hydrogen-bond donors (Lipinski definition) is 1. The van der Waals surface area contributed by atoms with E-state index in [1.54, 1.807) is 7.11 Å². The number of anilines is 1. The second kappa shape index (κ2) is 4.53. The number of rotatable bonds is 3. The number of aryl methyl sites for hydroxylation is 1. The second-order valence-corrected chi connectivity index (χ2v) is 4.32. The third-order valence-corrected chi connectivity index (χ3v) is 3.32. The summed E-state index contributed by atoms with van der Waals surface area (Å²) in [6.07, 6.45) is 0.998. The van der Waals surface area contributed by atoms with Crippen molar-refractivity contribution in [1.82, 2.24) is 4.98 Å². The molecule has 0 bridgehead atoms. The molecule has 3 nitrogen and oxygen atoms in total. The summed E-state index contributed by atoms with van der Waals surface area (Å²) in [5.74, 6) is 1.40. The van der Waals surface area contributed by atoms with E-state index in [-0.39, 0.29) is 0 Å². The van der Waals surface area contributed by atoms with Gasteiger partial charge < -0.3 is 10.5 Å². The van der Waals surface area contributed by atoms with Gasteiger partial charge in [-0.05, 0) is 24.1 Å². The monoisotopic (exact) mass is 234 g/mol. The molecule has 0 unspecified atom stereocenters. The lowest BCUT2D eigenvalue weighted by Gasteiger charge is -2.07. The molecule has 0 radical (unpaired) electrons. The van der Waals surface area contributed by atoms with Crippen LogP contribution in [0, 0.1) is 0 Å². The molecule has 1 aromatic heterocycles. The highest BCUT2D eigenvalue weighted by molar-refractivity contribution is 7.13. The summed E-state index contributed by atoms with van der Waals surface area (Å²) < 4.78 is 5.33. The van der Waals surface area contributed by atoms with Crippen molar-refractivity contribution < 1.29 is 4.74 Å². The summed E-state index contributed by atoms with van der Waals surface area (Å²) in [7, 11) is 1.67. The van der Waals surface area contributed by atoms with Crippen LogP contribution in [0.3, 0.4) is 0 Å². The van der Waals surface area contributed by atoms with Crippen molar-refractivity contribution in [3.63, 3.8) is 0 Å². The van der Waals surface area contributed by atoms with Crippen LogP contribution < -0.4 is 10.5 Å². The molecule has 0 amide bonds. The van der Waals surface area contributed by atoms with Crippen molar-refractivity contribution in [2.45, 2.75) is 13.3 Å². The number of ether oxygens (including phenoxy) is 1. The fourth-order valence-corrected chi connectivity index (χ4v) is 2.28. The molecule has 1 heterocycles. The Balaban J connectivity index is 2.52. The third kappa shape index (κ3) is 2.02. The lowest BCUT2D eigenvalue weighted by molar-refractivity contribution is 0.416. The number of hydrogen-bond acceptors (Lipinski definition) is 4. The normalized spacial score (nSPS) is 10.4. The highest BCUT2D eigenvalue weighted by atomic mass is 32.1. The molecule has 4 heteroatoms. The van der Waals surface area contributed by atoms with Crippen LogP contribution >= 0.6 is 11.3 Å². The number of nitrogens with two attached hydrogens (primary N) is 1. The van der Waals surface area contributed by atoms with E-state index in [9.17, 15) is 0 Å². The fourth-order valence-electron chi connectivity index (χ4n) is 1.55. The van der Waals surface area contributed by atoms with Gasteiger partial charge in [-0.3, -0.25) is 0 Å². The third-order valence-electron chi connectivity index (χ3n) is 2.42. The number of aromatic nitrogens is 1. The van der Waals surface area contributed by atoms with Gasteiger partial charge in [0.15, 0.2) is 0 Å². The van der Waals surface area contributed by atoms with Crippen LogP contribution in [-0.2, 0) is 6.42 Å². The van der Waals surface area contributed by atoms with Gasteiger partial charge in [0.2, 0.25) is 0 Å². The minimum Gasteiger partial charge on any atom is -0.496 e. The van der Waals surface area contributed by atoms with Crippen LogP contribution in [0.4, 0.5) is 5.82 Å². The highest BCUT2D eigenvalue weighted by Crippen LogP contribution is 2.33. The van der Waals surface area contributed by atoms with Gasteiger partial charge in [-0.25, -0.2) is 4.98 Å². The summed E-state index contributed by atoms with van der Waals surface area (Å²) in [4.78, 5) is 4.28. The SMILES string of the molecule is CCc1ccc(OC)c(-c2nc(N)cs2)c1. The van der Waals surface area contributed by atoms with Crippen molar-refractivity contribution in [1.29, 1.82) is 0 Å². The van der Waals surface area contributed by atoms with Crippen LogP contribution in [0.5, 0.6) is 5.75 Å². The van der Waals surface area contributed by atoms with Gasteiger partial charge in [-0.1, -0.05) is 13.0 Å². The van der Waals surface area contributed by atoms with E-state index in [0.717, 1.165) is 22.7 Å². The Morgan fingerprint density at radius 3 is 2.81 bits per heavy atom. The smallest absolute Gasteiger partial charge is 0.135 e. The van der Waals surface area contributed by atoms with Gasteiger partial charge in [0.05, 0.1) is 12.7 Å². The Labute approximate surface area is 98.9 Å². The summed E-state index contributed by atoms with van der Waals surface area (Å²) in [6.45, 7) is 2.13. The zero-order valence-corrected chi connectivity index (χ0v) is 10.2. The van der Waals surface area contributed by atoms with Crippen molar-refractivity contribution in [3.8, 4) is 16.3 Å². The van der Waals surface area contributed by atoms with Crippen LogP contribution in [-0.4, -0.2) is 12.1 Å². The van der Waals surface area contributed by atoms with Crippen LogP contribution in [0.15, 0.2) is 23.6 Å². The first-order valence-corrected chi connectivity index (χ1v) is 6.01. The average molecular weight is 234 g/mol. The van der Waals surface area contributed by atoms with Crippen LogP contribution in [0.1, 0.15) is 12.5 Å². The van der Waals surface area contributed by atoms with Gasteiger partial charge >= 0.3 is 0 Å². The number of methoxy groups -OCH3 is 1. The lowest BCUT2D eigenvalue weighted by atomic mass is 10.1. The summed E-state index contributed by atoms with van der Waals surface area (Å²) >= 11 is 1.54. The Hall–Kier alpha value is -1.55. The molecular formula is C12H14N2OS. The van der Waals surface area contributed by atoms with E-state index in [1.807, 2.05) is 11.4 Å². The molecule has 0 fully saturated rings. The molecule has 0 aliphatic heterocycles. The maximum atomic E-state index is 5.64. The van der Waals surface area contributed by atoms with Gasteiger partial charge in [-0.2, -0.15) is 0 Å². The Kier molecular flexibility index (Phi) is 3.10. The fraction of sp³-hybridized carbons (Fsp3) is 0.250. The first-order chi connectivity index (χ1) is 7.74. The topological polar surface area (TPSA) is 48.1 Å². The van der Waals surface area contributed by atoms with E-state index in [4.69, 9.17) is 10.5 Å². The van der Waals surface area contributed by atoms with Crippen molar-refractivity contribution in [2.75, 3.05) is 12.8 Å². The van der Waals surface area contributed by atoms with Gasteiger partial charge in [0.25, 0.3) is 0 Å². The minimum absolute atomic E-state index is 0.559. The second-order valence-electron chi connectivity index (χ2n) is 3.47. The standard InChI is InChI=1S/C12H14N2OS/c1-3-8-4-5-10(15-2)9(6-8)12-14-11(13)7-16-12/h4-7H,3,13H2,1-2H3. The molecule has 2 aromatic rings. The van der Waals surface area contributed by atoms with Gasteiger partial charge in [-0.15, -0.1) is 11.3 Å². The van der Waals surface area contributed by atoms with Crippen molar-refractivity contribution >= 4 is 17.2 Å². The molecule has 1 aromatic carbocycles. The highest BCUT2D eigenvalue weighted by Gasteiger charge is 2.10. The summed E-state index contributed by atoms with van der Waals surface area (Å²) in [5.41, 5.74) is 7.92. The molecule has 0 atom stereocenters. The first-order valence-electron chi connectivity index (χ1n) is 5.13. The molecule has 0 spiro atoms. The average Bonchev–Trinajstić information content (AvgIpc) is 2.75. The van der Waals surface area contributed by atoms with Crippen LogP contribution in [0.25, 0.3) is 10.6 Å². The predicted molar refractivity (Wildman–Crippen MR) is 67.9 cm³/mol. The van der Waals surface area contributed by atoms with Gasteiger partial charge in [0, 0.05) is 5.38 Å². The van der Waals surface area contributed by atoms with E-state index in [2.05, 4.69) is 24.0 Å². The number of nitrogens with zero attached hydrogens (tertiary/aromatic N) is 1. The maximum Gasteiger partial charge on any atom is 0.135 e. The molecule has 0 aliphatic carbocycles. The number of nitrogen functional groups attached to an aromatic ring is 1. The molecule has 2 N–H and O–H groups in total. The maximum absolute atomic E-state index is 5.64. The van der Waals surface area contributed by atoms with Gasteiger partial charge in [0.1, 0.15) is 16.6 Å². The minimum atomic E-state index is 0.559. The quantitative estimate of drug-likeness (QED) is 0.888. The van der Waals surface area contributed by atoms with E-state index < -0.39 is 0 Å². The molecule has 0 saturated heterocycles. The Morgan fingerprint density at radius 1 is 1.44 bits per heavy atom. The van der Waals surface area contributed by atoms with E-state index >= 15 is 0 Å². The van der Waals surface area contributed by atoms with E-state index in [0.29, 0.717) is 5.82 Å². The van der Waals surface area contributed by atoms with Crippen molar-refractivity contribution in [2.24, 2.45) is 0 Å². The zero-order chi connectivity index (χ0) is 11.5.